The zero-order valence-corrected chi connectivity index (χ0v) is 9.25. The molecule has 14 heavy (non-hydrogen) atoms. The van der Waals surface area contributed by atoms with E-state index >= 15 is 0 Å². The summed E-state index contributed by atoms with van der Waals surface area (Å²) in [5, 5.41) is 0. The van der Waals surface area contributed by atoms with E-state index in [4.69, 9.17) is 5.73 Å². The Kier molecular flexibility index (Phi) is 3.58. The van der Waals surface area contributed by atoms with Crippen LogP contribution in [0.15, 0.2) is 12.4 Å². The van der Waals surface area contributed by atoms with E-state index < -0.39 is 0 Å². The minimum atomic E-state index is -0.0890. The highest BCUT2D eigenvalue weighted by molar-refractivity contribution is 5.02. The van der Waals surface area contributed by atoms with Crippen LogP contribution in [0.3, 0.4) is 0 Å². The number of nitrogens with zero attached hydrogens (tertiary/aromatic N) is 2. The van der Waals surface area contributed by atoms with E-state index in [1.54, 1.807) is 0 Å². The lowest BCUT2D eigenvalue weighted by Gasteiger charge is -2.21. The van der Waals surface area contributed by atoms with Crippen LogP contribution in [0, 0.1) is 6.92 Å². The van der Waals surface area contributed by atoms with Crippen LogP contribution in [-0.2, 0) is 6.42 Å². The summed E-state index contributed by atoms with van der Waals surface area (Å²) in [4.78, 5) is 8.50. The van der Waals surface area contributed by atoms with E-state index in [2.05, 4.69) is 23.8 Å². The Balaban J connectivity index is 2.50. The SMILES string of the molecule is CCC(C)(N)CCc1ncc(C)cn1. The Hall–Kier alpha value is -0.960. The fourth-order valence-corrected chi connectivity index (χ4v) is 1.12. The second-order valence-electron chi connectivity index (χ2n) is 4.18. The van der Waals surface area contributed by atoms with Gasteiger partial charge in [0.05, 0.1) is 0 Å². The van der Waals surface area contributed by atoms with Crippen molar-refractivity contribution in [3.8, 4) is 0 Å². The smallest absolute Gasteiger partial charge is 0.128 e. The highest BCUT2D eigenvalue weighted by atomic mass is 14.9. The molecule has 0 aliphatic heterocycles. The van der Waals surface area contributed by atoms with Crippen molar-refractivity contribution >= 4 is 0 Å². The predicted molar refractivity (Wildman–Crippen MR) is 58.0 cm³/mol. The number of nitrogens with two attached hydrogens (primary N) is 1. The summed E-state index contributed by atoms with van der Waals surface area (Å²) in [7, 11) is 0. The third-order valence-electron chi connectivity index (χ3n) is 2.56. The van der Waals surface area contributed by atoms with E-state index in [0.29, 0.717) is 0 Å². The molecular formula is C11H19N3. The highest BCUT2D eigenvalue weighted by Crippen LogP contribution is 2.12. The molecule has 3 heteroatoms. The second kappa shape index (κ2) is 4.51. The third kappa shape index (κ3) is 3.42. The molecule has 1 rings (SSSR count). The predicted octanol–water partition coefficient (Wildman–Crippen LogP) is 1.85. The van der Waals surface area contributed by atoms with Crippen molar-refractivity contribution in [1.29, 1.82) is 0 Å². The second-order valence-corrected chi connectivity index (χ2v) is 4.18. The Morgan fingerprint density at radius 3 is 2.43 bits per heavy atom. The Labute approximate surface area is 85.8 Å². The first-order valence-electron chi connectivity index (χ1n) is 5.10. The van der Waals surface area contributed by atoms with Crippen molar-refractivity contribution in [3.63, 3.8) is 0 Å². The van der Waals surface area contributed by atoms with Crippen LogP contribution in [0.4, 0.5) is 0 Å². The van der Waals surface area contributed by atoms with Crippen LogP contribution in [0.1, 0.15) is 38.1 Å². The van der Waals surface area contributed by atoms with Crippen LogP contribution in [0.2, 0.25) is 0 Å². The van der Waals surface area contributed by atoms with Crippen molar-refractivity contribution in [2.24, 2.45) is 5.73 Å². The van der Waals surface area contributed by atoms with Gasteiger partial charge in [-0.3, -0.25) is 0 Å². The highest BCUT2D eigenvalue weighted by Gasteiger charge is 2.15. The number of rotatable bonds is 4. The standard InChI is InChI=1S/C11H19N3/c1-4-11(3,12)6-5-10-13-7-9(2)8-14-10/h7-8H,4-6,12H2,1-3H3. The first-order chi connectivity index (χ1) is 6.53. The molecule has 3 nitrogen and oxygen atoms in total. The molecule has 2 N–H and O–H groups in total. The molecule has 1 unspecified atom stereocenters. The van der Waals surface area contributed by atoms with E-state index in [-0.39, 0.29) is 5.54 Å². The molecule has 0 bridgehead atoms. The van der Waals surface area contributed by atoms with Gasteiger partial charge in [-0.15, -0.1) is 0 Å². The number of aryl methyl sites for hydroxylation is 2. The fourth-order valence-electron chi connectivity index (χ4n) is 1.12. The largest absolute Gasteiger partial charge is 0.325 e. The summed E-state index contributed by atoms with van der Waals surface area (Å²) in [6.07, 6.45) is 6.48. The molecule has 0 amide bonds. The van der Waals surface area contributed by atoms with E-state index in [0.717, 1.165) is 30.7 Å². The van der Waals surface area contributed by atoms with Gasteiger partial charge in [-0.1, -0.05) is 6.92 Å². The van der Waals surface area contributed by atoms with Gasteiger partial charge in [-0.05, 0) is 32.3 Å². The van der Waals surface area contributed by atoms with E-state index in [1.807, 2.05) is 19.3 Å². The van der Waals surface area contributed by atoms with Gasteiger partial charge in [0.25, 0.3) is 0 Å². The van der Waals surface area contributed by atoms with Crippen LogP contribution >= 0.6 is 0 Å². The summed E-state index contributed by atoms with van der Waals surface area (Å²) >= 11 is 0. The van der Waals surface area contributed by atoms with Gasteiger partial charge in [-0.25, -0.2) is 9.97 Å². The van der Waals surface area contributed by atoms with Crippen LogP contribution in [0.5, 0.6) is 0 Å². The molecule has 1 aromatic heterocycles. The minimum absolute atomic E-state index is 0.0890. The van der Waals surface area contributed by atoms with Crippen LogP contribution in [0.25, 0.3) is 0 Å². The number of aromatic nitrogens is 2. The molecule has 0 aliphatic carbocycles. The van der Waals surface area contributed by atoms with E-state index in [9.17, 15) is 0 Å². The zero-order valence-electron chi connectivity index (χ0n) is 9.25. The molecular weight excluding hydrogens is 174 g/mol. The van der Waals surface area contributed by atoms with E-state index in [1.165, 1.54) is 0 Å². The molecule has 0 saturated heterocycles. The van der Waals surface area contributed by atoms with Gasteiger partial charge in [0.1, 0.15) is 5.82 Å². The summed E-state index contributed by atoms with van der Waals surface area (Å²) in [6.45, 7) is 6.17. The normalized spacial score (nSPS) is 15.1. The minimum Gasteiger partial charge on any atom is -0.325 e. The summed E-state index contributed by atoms with van der Waals surface area (Å²) in [5.74, 6) is 0.890. The molecule has 0 aliphatic rings. The number of hydrogen-bond donors (Lipinski definition) is 1. The fraction of sp³-hybridized carbons (Fsp3) is 0.636. The maximum absolute atomic E-state index is 6.04. The third-order valence-corrected chi connectivity index (χ3v) is 2.56. The van der Waals surface area contributed by atoms with Gasteiger partial charge >= 0.3 is 0 Å². The average molecular weight is 193 g/mol. The first-order valence-corrected chi connectivity index (χ1v) is 5.10. The molecule has 1 atom stereocenters. The molecule has 1 aromatic rings. The summed E-state index contributed by atoms with van der Waals surface area (Å²) in [5.41, 5.74) is 7.05. The van der Waals surface area contributed by atoms with Gasteiger partial charge < -0.3 is 5.73 Å². The van der Waals surface area contributed by atoms with Crippen LogP contribution in [-0.4, -0.2) is 15.5 Å². The molecule has 0 fully saturated rings. The van der Waals surface area contributed by atoms with Crippen LogP contribution < -0.4 is 5.73 Å². The van der Waals surface area contributed by atoms with Crippen molar-refractivity contribution in [3.05, 3.63) is 23.8 Å². The van der Waals surface area contributed by atoms with Gasteiger partial charge in [0.15, 0.2) is 0 Å². The number of hydrogen-bond acceptors (Lipinski definition) is 3. The molecule has 0 saturated carbocycles. The average Bonchev–Trinajstić information content (AvgIpc) is 2.17. The summed E-state index contributed by atoms with van der Waals surface area (Å²) in [6, 6.07) is 0. The molecule has 78 valence electrons. The maximum Gasteiger partial charge on any atom is 0.128 e. The maximum atomic E-state index is 6.04. The Bertz CT molecular complexity index is 277. The summed E-state index contributed by atoms with van der Waals surface area (Å²) < 4.78 is 0. The lowest BCUT2D eigenvalue weighted by atomic mass is 9.94. The quantitative estimate of drug-likeness (QED) is 0.794. The van der Waals surface area contributed by atoms with Crippen molar-refractivity contribution in [2.45, 2.75) is 45.6 Å². The molecule has 0 spiro atoms. The molecule has 1 heterocycles. The van der Waals surface area contributed by atoms with Crippen molar-refractivity contribution in [2.75, 3.05) is 0 Å². The van der Waals surface area contributed by atoms with Gasteiger partial charge in [0.2, 0.25) is 0 Å². The Morgan fingerprint density at radius 1 is 1.36 bits per heavy atom. The molecule has 0 aromatic carbocycles. The van der Waals surface area contributed by atoms with Gasteiger partial charge in [0, 0.05) is 24.4 Å². The lowest BCUT2D eigenvalue weighted by Crippen LogP contribution is -2.35. The van der Waals surface area contributed by atoms with Crippen molar-refractivity contribution < 1.29 is 0 Å². The van der Waals surface area contributed by atoms with Crippen molar-refractivity contribution in [1.82, 2.24) is 9.97 Å². The van der Waals surface area contributed by atoms with Gasteiger partial charge in [-0.2, -0.15) is 0 Å². The monoisotopic (exact) mass is 193 g/mol. The lowest BCUT2D eigenvalue weighted by molar-refractivity contribution is 0.414. The zero-order chi connectivity index (χ0) is 10.6. The topological polar surface area (TPSA) is 51.8 Å². The first kappa shape index (κ1) is 11.1. The molecule has 0 radical (unpaired) electrons. The Morgan fingerprint density at radius 2 is 1.93 bits per heavy atom.